The van der Waals surface area contributed by atoms with Crippen LogP contribution in [-0.2, 0) is 19.0 Å². The van der Waals surface area contributed by atoms with Gasteiger partial charge in [0, 0.05) is 4.91 Å². The van der Waals surface area contributed by atoms with Gasteiger partial charge in [0.05, 0.1) is 6.61 Å². The summed E-state index contributed by atoms with van der Waals surface area (Å²) in [6.07, 6.45) is -2.79. The Hall–Kier alpha value is -1.34. The van der Waals surface area contributed by atoms with Crippen LogP contribution in [0.2, 0.25) is 0 Å². The molecule has 0 bridgehead atoms. The monoisotopic (exact) mass is 243 g/mol. The van der Waals surface area contributed by atoms with Gasteiger partial charge in [0.2, 0.25) is 0 Å². The number of carbonyl (C=O) groups excluding carboxylic acids is 1. The first-order valence-corrected chi connectivity index (χ1v) is 5.19. The Bertz CT molecular complexity index is 379. The fourth-order valence-electron chi connectivity index (χ4n) is 1.95. The number of cyclic esters (lactones) is 1. The van der Waals surface area contributed by atoms with E-state index < -0.39 is 36.1 Å². The van der Waals surface area contributed by atoms with Gasteiger partial charge in [-0.25, -0.2) is 4.79 Å². The summed E-state index contributed by atoms with van der Waals surface area (Å²) in [4.78, 5) is 13.8. The minimum atomic E-state index is -1.44. The molecule has 2 rings (SSSR count). The number of nitrogens with zero attached hydrogens (tertiary/aromatic N) is 3. The van der Waals surface area contributed by atoms with Crippen molar-refractivity contribution >= 4 is 5.97 Å². The lowest BCUT2D eigenvalue weighted by atomic mass is 10.0. The molecule has 94 valence electrons. The van der Waals surface area contributed by atoms with E-state index in [0.29, 0.717) is 0 Å². The molecule has 0 aromatic carbocycles. The highest BCUT2D eigenvalue weighted by Crippen LogP contribution is 2.31. The molecule has 0 aliphatic carbocycles. The second kappa shape index (κ2) is 4.15. The van der Waals surface area contributed by atoms with Gasteiger partial charge in [0.1, 0.15) is 18.2 Å². The Balaban J connectivity index is 2.15. The van der Waals surface area contributed by atoms with Gasteiger partial charge in [0.15, 0.2) is 11.9 Å². The number of ether oxygens (including phenoxy) is 3. The Labute approximate surface area is 97.1 Å². The first-order chi connectivity index (χ1) is 7.94. The largest absolute Gasteiger partial charge is 0.457 e. The standard InChI is InChI=1S/C9H13N3O5/c1-9(2)15-3-4(17-9)7-5(11-12-10)6(13)8(14)16-7/h4-7,13H,3H2,1-2H3/t4-,5-,6+,7-/m1/s1. The van der Waals surface area contributed by atoms with Crippen LogP contribution in [0.1, 0.15) is 13.8 Å². The summed E-state index contributed by atoms with van der Waals surface area (Å²) in [6, 6.07) is -0.977. The van der Waals surface area contributed by atoms with Gasteiger partial charge in [0.25, 0.3) is 0 Å². The van der Waals surface area contributed by atoms with E-state index in [1.807, 2.05) is 0 Å². The normalized spacial score (nSPS) is 39.8. The summed E-state index contributed by atoms with van der Waals surface area (Å²) in [5.41, 5.74) is 8.40. The van der Waals surface area contributed by atoms with Crippen LogP contribution in [0, 0.1) is 0 Å². The number of esters is 1. The summed E-state index contributed by atoms with van der Waals surface area (Å²) in [5, 5.41) is 12.9. The van der Waals surface area contributed by atoms with E-state index in [1.165, 1.54) is 0 Å². The van der Waals surface area contributed by atoms with Crippen LogP contribution in [0.25, 0.3) is 10.4 Å². The number of aliphatic hydroxyl groups excluding tert-OH is 1. The SMILES string of the molecule is CC1(C)OC[C@H]([C@H]2OC(=O)[C@@H](O)[C@H]2N=[N+]=[N-])O1. The Morgan fingerprint density at radius 3 is 2.82 bits per heavy atom. The molecular weight excluding hydrogens is 230 g/mol. The maximum Gasteiger partial charge on any atom is 0.335 e. The molecule has 2 aliphatic heterocycles. The van der Waals surface area contributed by atoms with Crippen LogP contribution in [-0.4, -0.2) is 47.8 Å². The second-order valence-corrected chi connectivity index (χ2v) is 4.41. The smallest absolute Gasteiger partial charge is 0.335 e. The average molecular weight is 243 g/mol. The first-order valence-electron chi connectivity index (χ1n) is 5.19. The zero-order valence-corrected chi connectivity index (χ0v) is 9.44. The molecular formula is C9H13N3O5. The molecule has 0 aromatic heterocycles. The van der Waals surface area contributed by atoms with Crippen LogP contribution in [0.5, 0.6) is 0 Å². The van der Waals surface area contributed by atoms with Gasteiger partial charge in [-0.1, -0.05) is 5.11 Å². The zero-order chi connectivity index (χ0) is 12.6. The van der Waals surface area contributed by atoms with Crippen molar-refractivity contribution in [1.82, 2.24) is 0 Å². The summed E-state index contributed by atoms with van der Waals surface area (Å²) < 4.78 is 15.8. The highest BCUT2D eigenvalue weighted by atomic mass is 16.8. The quantitative estimate of drug-likeness (QED) is 0.320. The fraction of sp³-hybridized carbons (Fsp3) is 0.889. The van der Waals surface area contributed by atoms with Crippen molar-refractivity contribution < 1.29 is 24.1 Å². The predicted octanol–water partition coefficient (Wildman–Crippen LogP) is 0.103. The van der Waals surface area contributed by atoms with E-state index in [1.54, 1.807) is 13.8 Å². The van der Waals surface area contributed by atoms with Crippen LogP contribution in [0.15, 0.2) is 5.11 Å². The number of carbonyl (C=O) groups is 1. The minimum absolute atomic E-state index is 0.217. The van der Waals surface area contributed by atoms with Crippen molar-refractivity contribution in [2.75, 3.05) is 6.61 Å². The third kappa shape index (κ3) is 2.20. The lowest BCUT2D eigenvalue weighted by Gasteiger charge is -2.22. The molecule has 0 unspecified atom stereocenters. The van der Waals surface area contributed by atoms with Gasteiger partial charge in [-0.15, -0.1) is 0 Å². The van der Waals surface area contributed by atoms with E-state index in [-0.39, 0.29) is 6.61 Å². The van der Waals surface area contributed by atoms with Crippen LogP contribution < -0.4 is 0 Å². The van der Waals surface area contributed by atoms with Crippen molar-refractivity contribution in [1.29, 1.82) is 0 Å². The predicted molar refractivity (Wildman–Crippen MR) is 53.7 cm³/mol. The highest BCUT2D eigenvalue weighted by Gasteiger charge is 2.51. The average Bonchev–Trinajstić information content (AvgIpc) is 2.73. The Kier molecular flexibility index (Phi) is 2.96. The van der Waals surface area contributed by atoms with E-state index >= 15 is 0 Å². The maximum atomic E-state index is 11.2. The molecule has 2 heterocycles. The van der Waals surface area contributed by atoms with Gasteiger partial charge in [-0.05, 0) is 19.4 Å². The molecule has 2 fully saturated rings. The fourth-order valence-corrected chi connectivity index (χ4v) is 1.95. The van der Waals surface area contributed by atoms with Crippen molar-refractivity contribution in [2.24, 2.45) is 5.11 Å². The molecule has 8 nitrogen and oxygen atoms in total. The Morgan fingerprint density at radius 1 is 1.59 bits per heavy atom. The molecule has 8 heteroatoms. The molecule has 17 heavy (non-hydrogen) atoms. The van der Waals surface area contributed by atoms with Crippen LogP contribution in [0.4, 0.5) is 0 Å². The highest BCUT2D eigenvalue weighted by molar-refractivity contribution is 5.78. The molecule has 2 aliphatic rings. The van der Waals surface area contributed by atoms with Crippen molar-refractivity contribution in [2.45, 2.75) is 44.0 Å². The molecule has 0 radical (unpaired) electrons. The summed E-state index contributed by atoms with van der Waals surface area (Å²) in [6.45, 7) is 3.67. The lowest BCUT2D eigenvalue weighted by molar-refractivity contribution is -0.163. The molecule has 0 spiro atoms. The van der Waals surface area contributed by atoms with Crippen molar-refractivity contribution in [3.63, 3.8) is 0 Å². The van der Waals surface area contributed by atoms with Gasteiger partial charge in [-0.3, -0.25) is 0 Å². The summed E-state index contributed by atoms with van der Waals surface area (Å²) >= 11 is 0. The van der Waals surface area contributed by atoms with Crippen LogP contribution in [0.3, 0.4) is 0 Å². The minimum Gasteiger partial charge on any atom is -0.457 e. The van der Waals surface area contributed by atoms with E-state index in [4.69, 9.17) is 19.7 Å². The topological polar surface area (TPSA) is 114 Å². The molecule has 1 N–H and O–H groups in total. The maximum absolute atomic E-state index is 11.2. The number of azide groups is 1. The zero-order valence-electron chi connectivity index (χ0n) is 9.44. The molecule has 0 amide bonds. The molecule has 0 saturated carbocycles. The summed E-state index contributed by atoms with van der Waals surface area (Å²) in [7, 11) is 0. The number of hydrogen-bond donors (Lipinski definition) is 1. The summed E-state index contributed by atoms with van der Waals surface area (Å²) in [5.74, 6) is -1.58. The second-order valence-electron chi connectivity index (χ2n) is 4.41. The number of aliphatic hydroxyl groups is 1. The third-order valence-electron chi connectivity index (χ3n) is 2.74. The van der Waals surface area contributed by atoms with Gasteiger partial charge in [-0.2, -0.15) is 0 Å². The van der Waals surface area contributed by atoms with Gasteiger partial charge >= 0.3 is 5.97 Å². The Morgan fingerprint density at radius 2 is 2.29 bits per heavy atom. The first kappa shape index (κ1) is 12.1. The van der Waals surface area contributed by atoms with Crippen molar-refractivity contribution in [3.8, 4) is 0 Å². The molecule has 4 atom stereocenters. The molecule has 0 aromatic rings. The molecule has 2 saturated heterocycles. The van der Waals surface area contributed by atoms with E-state index in [2.05, 4.69) is 10.0 Å². The van der Waals surface area contributed by atoms with E-state index in [9.17, 15) is 9.90 Å². The van der Waals surface area contributed by atoms with Gasteiger partial charge < -0.3 is 19.3 Å². The lowest BCUT2D eigenvalue weighted by Crippen LogP contribution is -2.39. The van der Waals surface area contributed by atoms with Crippen LogP contribution >= 0.6 is 0 Å². The third-order valence-corrected chi connectivity index (χ3v) is 2.74. The number of rotatable bonds is 2. The van der Waals surface area contributed by atoms with Crippen molar-refractivity contribution in [3.05, 3.63) is 10.4 Å². The van der Waals surface area contributed by atoms with E-state index in [0.717, 1.165) is 0 Å². The number of hydrogen-bond acceptors (Lipinski definition) is 6.